The Balaban J connectivity index is 1.41. The van der Waals surface area contributed by atoms with E-state index in [0.717, 1.165) is 32.1 Å². The summed E-state index contributed by atoms with van der Waals surface area (Å²) in [4.78, 5) is 0. The number of aliphatic hydroxyl groups excluding tert-OH is 2. The maximum absolute atomic E-state index is 10.4. The van der Waals surface area contributed by atoms with Crippen LogP contribution in [0.25, 0.3) is 0 Å². The van der Waals surface area contributed by atoms with Crippen molar-refractivity contribution >= 4 is 0 Å². The summed E-state index contributed by atoms with van der Waals surface area (Å²) in [5, 5.41) is 19.1. The number of allylic oxidation sites excluding steroid dienone is 1. The minimum Gasteiger partial charge on any atom is -0.396 e. The topological polar surface area (TPSA) is 58.9 Å². The van der Waals surface area contributed by atoms with Crippen LogP contribution in [-0.2, 0) is 9.47 Å². The van der Waals surface area contributed by atoms with Gasteiger partial charge in [-0.15, -0.1) is 0 Å². The predicted octanol–water partition coefficient (Wildman–Crippen LogP) is 2.25. The van der Waals surface area contributed by atoms with Gasteiger partial charge in [0.2, 0.25) is 0 Å². The number of fused-ring (bicyclic) bond motifs is 2. The van der Waals surface area contributed by atoms with Crippen molar-refractivity contribution in [1.82, 2.24) is 0 Å². The molecule has 1 heterocycles. The third kappa shape index (κ3) is 3.04. The molecule has 0 radical (unpaired) electrons. The molecule has 4 atom stereocenters. The zero-order chi connectivity index (χ0) is 14.7. The van der Waals surface area contributed by atoms with Gasteiger partial charge in [-0.1, -0.05) is 25.0 Å². The van der Waals surface area contributed by atoms with Crippen LogP contribution in [0.1, 0.15) is 44.9 Å². The summed E-state index contributed by atoms with van der Waals surface area (Å²) in [5.41, 5.74) is 0. The van der Waals surface area contributed by atoms with Gasteiger partial charge in [0.25, 0.3) is 0 Å². The fourth-order valence-electron chi connectivity index (χ4n) is 4.24. The lowest BCUT2D eigenvalue weighted by atomic mass is 9.69. The van der Waals surface area contributed by atoms with Crippen LogP contribution in [0.15, 0.2) is 12.2 Å². The normalized spacial score (nSPS) is 37.2. The molecule has 3 aliphatic rings. The lowest BCUT2D eigenvalue weighted by molar-refractivity contribution is -0.275. The Morgan fingerprint density at radius 1 is 1.10 bits per heavy atom. The quantitative estimate of drug-likeness (QED) is 0.559. The molecule has 3 fully saturated rings. The molecule has 4 heteroatoms. The zero-order valence-corrected chi connectivity index (χ0v) is 12.7. The summed E-state index contributed by atoms with van der Waals surface area (Å²) in [5.74, 6) is 0.666. The molecule has 2 N–H and O–H groups in total. The molecule has 2 aliphatic carbocycles. The van der Waals surface area contributed by atoms with Crippen molar-refractivity contribution in [1.29, 1.82) is 0 Å². The lowest BCUT2D eigenvalue weighted by Gasteiger charge is -2.48. The number of aliphatic hydroxyl groups is 2. The molecular formula is C17H28O4. The Bertz CT molecular complexity index is 362. The van der Waals surface area contributed by atoms with Crippen molar-refractivity contribution in [3.05, 3.63) is 12.2 Å². The van der Waals surface area contributed by atoms with Crippen molar-refractivity contribution in [3.63, 3.8) is 0 Å². The fraction of sp³-hybridized carbons (Fsp3) is 0.882. The minimum absolute atomic E-state index is 0.223. The molecule has 0 amide bonds. The summed E-state index contributed by atoms with van der Waals surface area (Å²) in [6.45, 7) is 1.71. The summed E-state index contributed by atoms with van der Waals surface area (Å²) < 4.78 is 11.6. The molecule has 0 aromatic carbocycles. The molecule has 0 aromatic heterocycles. The largest absolute Gasteiger partial charge is 0.396 e. The maximum atomic E-state index is 10.4. The molecule has 0 aromatic rings. The van der Waals surface area contributed by atoms with Gasteiger partial charge in [0.05, 0.1) is 19.3 Å². The number of rotatable bonds is 7. The van der Waals surface area contributed by atoms with Gasteiger partial charge >= 0.3 is 0 Å². The molecule has 21 heavy (non-hydrogen) atoms. The van der Waals surface area contributed by atoms with Crippen LogP contribution < -0.4 is 0 Å². The first-order valence-corrected chi connectivity index (χ1v) is 8.50. The van der Waals surface area contributed by atoms with E-state index in [4.69, 9.17) is 14.6 Å². The van der Waals surface area contributed by atoms with Crippen LogP contribution in [0, 0.1) is 17.8 Å². The second-order valence-corrected chi connectivity index (χ2v) is 6.73. The average Bonchev–Trinajstić information content (AvgIpc) is 3.05. The van der Waals surface area contributed by atoms with Gasteiger partial charge in [-0.05, 0) is 31.6 Å². The first-order valence-electron chi connectivity index (χ1n) is 8.50. The molecule has 3 rings (SSSR count). The summed E-state index contributed by atoms with van der Waals surface area (Å²) in [6, 6.07) is 0. The van der Waals surface area contributed by atoms with Gasteiger partial charge in [0.15, 0.2) is 5.79 Å². The number of hydrogen-bond acceptors (Lipinski definition) is 4. The SMILES string of the molecule is OCCCCCCC=C[C@H]1C[C@H]2[C@@H](CC23OCCO3)C1O. The summed E-state index contributed by atoms with van der Waals surface area (Å²) in [6.07, 6.45) is 11.5. The predicted molar refractivity (Wildman–Crippen MR) is 79.7 cm³/mol. The third-order valence-corrected chi connectivity index (χ3v) is 5.44. The Morgan fingerprint density at radius 2 is 1.86 bits per heavy atom. The van der Waals surface area contributed by atoms with E-state index in [1.54, 1.807) is 0 Å². The van der Waals surface area contributed by atoms with Gasteiger partial charge in [0.1, 0.15) is 0 Å². The maximum Gasteiger partial charge on any atom is 0.172 e. The van der Waals surface area contributed by atoms with Crippen molar-refractivity contribution in [2.24, 2.45) is 17.8 Å². The molecule has 1 saturated heterocycles. The highest BCUT2D eigenvalue weighted by Crippen LogP contribution is 2.59. The zero-order valence-electron chi connectivity index (χ0n) is 12.7. The van der Waals surface area contributed by atoms with Crippen LogP contribution in [0.4, 0.5) is 0 Å². The number of hydrogen-bond donors (Lipinski definition) is 2. The van der Waals surface area contributed by atoms with E-state index in [-0.39, 0.29) is 17.8 Å². The molecule has 0 bridgehead atoms. The van der Waals surface area contributed by atoms with Crippen LogP contribution >= 0.6 is 0 Å². The Morgan fingerprint density at radius 3 is 2.62 bits per heavy atom. The molecule has 1 aliphatic heterocycles. The smallest absolute Gasteiger partial charge is 0.172 e. The summed E-state index contributed by atoms with van der Waals surface area (Å²) >= 11 is 0. The minimum atomic E-state index is -0.349. The standard InChI is InChI=1S/C17H28O4/c18-8-6-4-2-1-3-5-7-13-11-15-14(16(13)19)12-17(15)20-9-10-21-17/h5,7,13-16,18-19H,1-4,6,8-12H2/t13-,14+,15-,16?/m0/s1. The molecule has 4 nitrogen and oxygen atoms in total. The highest BCUT2D eigenvalue weighted by molar-refractivity contribution is 5.12. The molecular weight excluding hydrogens is 268 g/mol. The van der Waals surface area contributed by atoms with Gasteiger partial charge < -0.3 is 19.7 Å². The van der Waals surface area contributed by atoms with Crippen LogP contribution in [0.2, 0.25) is 0 Å². The van der Waals surface area contributed by atoms with Crippen molar-refractivity contribution in [2.75, 3.05) is 19.8 Å². The average molecular weight is 296 g/mol. The monoisotopic (exact) mass is 296 g/mol. The first-order chi connectivity index (χ1) is 10.3. The summed E-state index contributed by atoms with van der Waals surface area (Å²) in [7, 11) is 0. The lowest BCUT2D eigenvalue weighted by Crippen LogP contribution is -2.54. The van der Waals surface area contributed by atoms with E-state index in [1.807, 2.05) is 0 Å². The van der Waals surface area contributed by atoms with E-state index in [1.165, 1.54) is 12.8 Å². The van der Waals surface area contributed by atoms with Gasteiger partial charge in [-0.25, -0.2) is 0 Å². The fourth-order valence-corrected chi connectivity index (χ4v) is 4.24. The molecule has 1 spiro atoms. The number of ether oxygens (including phenoxy) is 2. The van der Waals surface area contributed by atoms with Crippen molar-refractivity contribution < 1.29 is 19.7 Å². The van der Waals surface area contributed by atoms with Gasteiger partial charge in [-0.2, -0.15) is 0 Å². The van der Waals surface area contributed by atoms with E-state index >= 15 is 0 Å². The van der Waals surface area contributed by atoms with E-state index in [2.05, 4.69) is 12.2 Å². The second-order valence-electron chi connectivity index (χ2n) is 6.73. The molecule has 2 saturated carbocycles. The highest BCUT2D eigenvalue weighted by atomic mass is 16.7. The third-order valence-electron chi connectivity index (χ3n) is 5.44. The van der Waals surface area contributed by atoms with E-state index in [9.17, 15) is 5.11 Å². The highest BCUT2D eigenvalue weighted by Gasteiger charge is 2.64. The van der Waals surface area contributed by atoms with Crippen LogP contribution in [0.3, 0.4) is 0 Å². The van der Waals surface area contributed by atoms with Crippen molar-refractivity contribution in [2.45, 2.75) is 56.8 Å². The Kier molecular flexibility index (Phi) is 4.99. The number of unbranched alkanes of at least 4 members (excludes halogenated alkanes) is 4. The molecule has 1 unspecified atom stereocenters. The van der Waals surface area contributed by atoms with Crippen LogP contribution in [0.5, 0.6) is 0 Å². The van der Waals surface area contributed by atoms with Gasteiger partial charge in [0, 0.05) is 24.9 Å². The van der Waals surface area contributed by atoms with E-state index in [0.29, 0.717) is 31.7 Å². The second kappa shape index (κ2) is 6.78. The Hall–Kier alpha value is -0.420. The Labute approximate surface area is 127 Å². The van der Waals surface area contributed by atoms with E-state index < -0.39 is 0 Å². The van der Waals surface area contributed by atoms with Crippen molar-refractivity contribution in [3.8, 4) is 0 Å². The first kappa shape index (κ1) is 15.5. The molecule has 120 valence electrons. The van der Waals surface area contributed by atoms with Crippen LogP contribution in [-0.4, -0.2) is 41.9 Å². The van der Waals surface area contributed by atoms with Gasteiger partial charge in [-0.3, -0.25) is 0 Å².